The molecule has 3 aromatic rings. The molecule has 1 fully saturated rings. The van der Waals surface area contributed by atoms with E-state index >= 15 is 0 Å². The first-order chi connectivity index (χ1) is 14.1. The molecule has 4 rings (SSSR count). The minimum atomic E-state index is -0.269. The van der Waals surface area contributed by atoms with E-state index in [9.17, 15) is 4.79 Å². The Morgan fingerprint density at radius 1 is 1.14 bits per heavy atom. The lowest BCUT2D eigenvalue weighted by molar-refractivity contribution is 0.252. The average molecular weight is 412 g/mol. The summed E-state index contributed by atoms with van der Waals surface area (Å²) in [6.07, 6.45) is 2.25. The maximum atomic E-state index is 12.1. The Kier molecular flexibility index (Phi) is 5.67. The number of halogens is 1. The second kappa shape index (κ2) is 8.53. The smallest absolute Gasteiger partial charge is 0.319 e. The number of carbonyl (C=O) groups is 1. The van der Waals surface area contributed by atoms with Crippen molar-refractivity contribution in [3.63, 3.8) is 0 Å². The molecular weight excluding hydrogens is 390 g/mol. The van der Waals surface area contributed by atoms with Gasteiger partial charge in [0.1, 0.15) is 17.4 Å². The zero-order valence-electron chi connectivity index (χ0n) is 16.0. The number of rotatable bonds is 7. The van der Waals surface area contributed by atoms with Gasteiger partial charge in [-0.2, -0.15) is 0 Å². The molecule has 150 valence electrons. The van der Waals surface area contributed by atoms with E-state index in [1.165, 1.54) is 0 Å². The van der Waals surface area contributed by atoms with Crippen LogP contribution in [0, 0.1) is 0 Å². The SMILES string of the molecule is COc1ccc(NC(=O)NCCNc2nc(C3CC3)nc3cc(Cl)ccc23)cc1. The number of nitrogens with zero attached hydrogens (tertiary/aromatic N) is 2. The molecule has 7 nitrogen and oxygen atoms in total. The molecule has 0 bridgehead atoms. The molecule has 3 N–H and O–H groups in total. The monoisotopic (exact) mass is 411 g/mol. The van der Waals surface area contributed by atoms with Gasteiger partial charge in [0.2, 0.25) is 0 Å². The molecule has 0 spiro atoms. The van der Waals surface area contributed by atoms with Gasteiger partial charge in [-0.3, -0.25) is 0 Å². The third kappa shape index (κ3) is 4.86. The summed E-state index contributed by atoms with van der Waals surface area (Å²) in [5.41, 5.74) is 1.53. The number of benzene rings is 2. The van der Waals surface area contributed by atoms with Crippen LogP contribution >= 0.6 is 11.6 Å². The standard InChI is InChI=1S/C21H22ClN5O2/c1-29-16-7-5-15(6-8-16)25-21(28)24-11-10-23-20-17-9-4-14(22)12-18(17)26-19(27-20)13-2-3-13/h4-9,12-13H,2-3,10-11H2,1H3,(H,23,26,27)(H2,24,25,28). The van der Waals surface area contributed by atoms with Crippen molar-refractivity contribution in [1.82, 2.24) is 15.3 Å². The van der Waals surface area contributed by atoms with Crippen LogP contribution in [0.3, 0.4) is 0 Å². The molecule has 0 unspecified atom stereocenters. The second-order valence-electron chi connectivity index (χ2n) is 6.90. The van der Waals surface area contributed by atoms with E-state index in [1.807, 2.05) is 18.2 Å². The number of nitrogens with one attached hydrogen (secondary N) is 3. The number of amides is 2. The molecule has 0 saturated heterocycles. The highest BCUT2D eigenvalue weighted by atomic mass is 35.5. The molecule has 1 aliphatic rings. The summed E-state index contributed by atoms with van der Waals surface area (Å²) >= 11 is 6.12. The molecule has 0 radical (unpaired) electrons. The minimum absolute atomic E-state index is 0.269. The Bertz CT molecular complexity index is 1020. The van der Waals surface area contributed by atoms with Crippen LogP contribution in [0.1, 0.15) is 24.6 Å². The first-order valence-electron chi connectivity index (χ1n) is 9.52. The largest absolute Gasteiger partial charge is 0.497 e. The lowest BCUT2D eigenvalue weighted by Crippen LogP contribution is -2.32. The van der Waals surface area contributed by atoms with E-state index in [4.69, 9.17) is 16.3 Å². The fourth-order valence-corrected chi connectivity index (χ4v) is 3.15. The van der Waals surface area contributed by atoms with Gasteiger partial charge in [0.25, 0.3) is 0 Å². The number of urea groups is 1. The summed E-state index contributed by atoms with van der Waals surface area (Å²) < 4.78 is 5.11. The summed E-state index contributed by atoms with van der Waals surface area (Å²) in [6, 6.07) is 12.5. The number of fused-ring (bicyclic) bond motifs is 1. The molecule has 1 aromatic heterocycles. The second-order valence-corrected chi connectivity index (χ2v) is 7.34. The highest BCUT2D eigenvalue weighted by Crippen LogP contribution is 2.39. The van der Waals surface area contributed by atoms with Crippen LogP contribution in [0.2, 0.25) is 5.02 Å². The molecule has 2 amide bonds. The van der Waals surface area contributed by atoms with Gasteiger partial charge >= 0.3 is 6.03 Å². The van der Waals surface area contributed by atoms with Crippen LogP contribution in [-0.2, 0) is 0 Å². The number of hydrogen-bond acceptors (Lipinski definition) is 5. The number of hydrogen-bond donors (Lipinski definition) is 3. The third-order valence-corrected chi connectivity index (χ3v) is 4.90. The summed E-state index contributed by atoms with van der Waals surface area (Å²) in [6.45, 7) is 0.981. The molecule has 1 saturated carbocycles. The number of methoxy groups -OCH3 is 1. The predicted molar refractivity (Wildman–Crippen MR) is 115 cm³/mol. The Hall–Kier alpha value is -3.06. The molecule has 2 aromatic carbocycles. The van der Waals surface area contributed by atoms with Crippen molar-refractivity contribution in [2.24, 2.45) is 0 Å². The topological polar surface area (TPSA) is 88.2 Å². The van der Waals surface area contributed by atoms with Crippen LogP contribution in [0.5, 0.6) is 5.75 Å². The maximum absolute atomic E-state index is 12.1. The van der Waals surface area contributed by atoms with E-state index in [-0.39, 0.29) is 6.03 Å². The Balaban J connectivity index is 1.34. The molecule has 1 heterocycles. The molecule has 1 aliphatic carbocycles. The van der Waals surface area contributed by atoms with E-state index in [2.05, 4.69) is 25.9 Å². The van der Waals surface area contributed by atoms with E-state index in [0.29, 0.717) is 29.7 Å². The van der Waals surface area contributed by atoms with Gasteiger partial charge < -0.3 is 20.7 Å². The number of anilines is 2. The Morgan fingerprint density at radius 2 is 1.93 bits per heavy atom. The molecular formula is C21H22ClN5O2. The Labute approximate surface area is 173 Å². The number of ether oxygens (including phenoxy) is 1. The van der Waals surface area contributed by atoms with Crippen molar-refractivity contribution in [2.75, 3.05) is 30.8 Å². The Morgan fingerprint density at radius 3 is 2.66 bits per heavy atom. The fourth-order valence-electron chi connectivity index (χ4n) is 2.99. The summed E-state index contributed by atoms with van der Waals surface area (Å²) in [7, 11) is 1.60. The third-order valence-electron chi connectivity index (χ3n) is 4.67. The van der Waals surface area contributed by atoms with E-state index < -0.39 is 0 Å². The van der Waals surface area contributed by atoms with Crippen LogP contribution in [0.15, 0.2) is 42.5 Å². The molecule has 0 atom stereocenters. The molecule has 29 heavy (non-hydrogen) atoms. The average Bonchev–Trinajstić information content (AvgIpc) is 3.56. The summed E-state index contributed by atoms with van der Waals surface area (Å²) in [4.78, 5) is 21.4. The van der Waals surface area contributed by atoms with Gasteiger partial charge in [-0.05, 0) is 55.3 Å². The lowest BCUT2D eigenvalue weighted by atomic mass is 10.2. The van der Waals surface area contributed by atoms with Crippen LogP contribution in [-0.4, -0.2) is 36.2 Å². The minimum Gasteiger partial charge on any atom is -0.497 e. The highest BCUT2D eigenvalue weighted by Gasteiger charge is 2.27. The van der Waals surface area contributed by atoms with Gasteiger partial charge in [-0.15, -0.1) is 0 Å². The number of carbonyl (C=O) groups excluding carboxylic acids is 1. The quantitative estimate of drug-likeness (QED) is 0.501. The van der Waals surface area contributed by atoms with Crippen molar-refractivity contribution in [1.29, 1.82) is 0 Å². The number of aromatic nitrogens is 2. The van der Waals surface area contributed by atoms with Gasteiger partial charge in [-0.25, -0.2) is 14.8 Å². The van der Waals surface area contributed by atoms with Crippen LogP contribution in [0.4, 0.5) is 16.3 Å². The zero-order chi connectivity index (χ0) is 20.2. The van der Waals surface area contributed by atoms with Gasteiger partial charge in [0, 0.05) is 35.1 Å². The lowest BCUT2D eigenvalue weighted by Gasteiger charge is -2.12. The van der Waals surface area contributed by atoms with Crippen LogP contribution < -0.4 is 20.7 Å². The van der Waals surface area contributed by atoms with Gasteiger partial charge in [0.05, 0.1) is 12.6 Å². The van der Waals surface area contributed by atoms with Gasteiger partial charge in [-0.1, -0.05) is 11.6 Å². The first-order valence-corrected chi connectivity index (χ1v) is 9.90. The van der Waals surface area contributed by atoms with Crippen molar-refractivity contribution >= 4 is 40.0 Å². The van der Waals surface area contributed by atoms with Crippen LogP contribution in [0.25, 0.3) is 10.9 Å². The normalized spacial score (nSPS) is 13.2. The maximum Gasteiger partial charge on any atom is 0.319 e. The zero-order valence-corrected chi connectivity index (χ0v) is 16.8. The fraction of sp³-hybridized carbons (Fsp3) is 0.286. The highest BCUT2D eigenvalue weighted by molar-refractivity contribution is 6.31. The molecule has 0 aliphatic heterocycles. The van der Waals surface area contributed by atoms with Crippen molar-refractivity contribution in [2.45, 2.75) is 18.8 Å². The van der Waals surface area contributed by atoms with Gasteiger partial charge in [0.15, 0.2) is 0 Å². The predicted octanol–water partition coefficient (Wildman–Crippen LogP) is 4.40. The van der Waals surface area contributed by atoms with E-state index in [0.717, 1.165) is 41.1 Å². The van der Waals surface area contributed by atoms with E-state index in [1.54, 1.807) is 31.4 Å². The first kappa shape index (κ1) is 19.3. The summed E-state index contributed by atoms with van der Waals surface area (Å²) in [5.74, 6) is 2.80. The van der Waals surface area contributed by atoms with Crippen molar-refractivity contribution in [3.8, 4) is 5.75 Å². The van der Waals surface area contributed by atoms with Crippen molar-refractivity contribution in [3.05, 3.63) is 53.3 Å². The van der Waals surface area contributed by atoms with Crippen molar-refractivity contribution < 1.29 is 9.53 Å². The summed E-state index contributed by atoms with van der Waals surface area (Å²) in [5, 5.41) is 10.5. The molecule has 8 heteroatoms.